The number of halogens is 2. The average molecular weight is 330 g/mol. The number of likely N-dealkylation sites (N-methyl/N-ethyl adjacent to an activating group) is 1. The van der Waals surface area contributed by atoms with Crippen LogP contribution in [0.1, 0.15) is 48.0 Å². The largest absolute Gasteiger partial charge is 0.353 e. The minimum absolute atomic E-state index is 0. The standard InChI is InChI=1S/C14H31N3O.2ClH/c1-7-17(8-2)12(9-11(3)4)10-16-13(18)14(5,6)15;;/h11-12H,7-10,15H2,1-6H3,(H,16,18);2*1H. The van der Waals surface area contributed by atoms with E-state index in [1.807, 2.05) is 0 Å². The average Bonchev–Trinajstić information content (AvgIpc) is 2.24. The van der Waals surface area contributed by atoms with Gasteiger partial charge in [0.15, 0.2) is 0 Å². The molecule has 3 N–H and O–H groups in total. The van der Waals surface area contributed by atoms with Crippen molar-refractivity contribution >= 4 is 30.7 Å². The first kappa shape index (κ1) is 25.0. The number of nitrogens with one attached hydrogen (secondary N) is 1. The Morgan fingerprint density at radius 3 is 1.95 bits per heavy atom. The van der Waals surface area contributed by atoms with E-state index < -0.39 is 5.54 Å². The summed E-state index contributed by atoms with van der Waals surface area (Å²) in [7, 11) is 0. The molecule has 0 fully saturated rings. The molecule has 0 aliphatic rings. The summed E-state index contributed by atoms with van der Waals surface area (Å²) in [4.78, 5) is 14.2. The Balaban J connectivity index is -0.00000144. The Kier molecular flexibility index (Phi) is 14.5. The molecule has 0 saturated heterocycles. The molecule has 20 heavy (non-hydrogen) atoms. The third-order valence-electron chi connectivity index (χ3n) is 3.16. The first-order chi connectivity index (χ1) is 8.22. The number of carbonyl (C=O) groups is 1. The summed E-state index contributed by atoms with van der Waals surface area (Å²) >= 11 is 0. The summed E-state index contributed by atoms with van der Waals surface area (Å²) < 4.78 is 0. The van der Waals surface area contributed by atoms with E-state index in [-0.39, 0.29) is 30.7 Å². The summed E-state index contributed by atoms with van der Waals surface area (Å²) in [6, 6.07) is 0.395. The molecule has 0 aliphatic carbocycles. The summed E-state index contributed by atoms with van der Waals surface area (Å²) in [5.74, 6) is 0.543. The molecule has 0 aromatic carbocycles. The molecule has 0 rings (SSSR count). The SMILES string of the molecule is CCN(CC)C(CNC(=O)C(C)(C)N)CC(C)C.Cl.Cl. The summed E-state index contributed by atoms with van der Waals surface area (Å²) in [5, 5.41) is 2.97. The highest BCUT2D eigenvalue weighted by atomic mass is 35.5. The number of nitrogens with zero attached hydrogens (tertiary/aromatic N) is 1. The Labute approximate surface area is 137 Å². The van der Waals surface area contributed by atoms with E-state index in [2.05, 4.69) is 37.9 Å². The zero-order valence-electron chi connectivity index (χ0n) is 13.7. The lowest BCUT2D eigenvalue weighted by molar-refractivity contribution is -0.125. The minimum Gasteiger partial charge on any atom is -0.353 e. The normalized spacial score (nSPS) is 12.7. The van der Waals surface area contributed by atoms with Crippen molar-refractivity contribution in [3.8, 4) is 0 Å². The van der Waals surface area contributed by atoms with Crippen LogP contribution in [0, 0.1) is 5.92 Å². The minimum atomic E-state index is -0.800. The molecule has 0 radical (unpaired) electrons. The fourth-order valence-corrected chi connectivity index (χ4v) is 2.08. The van der Waals surface area contributed by atoms with Crippen LogP contribution in [0.3, 0.4) is 0 Å². The van der Waals surface area contributed by atoms with Gasteiger partial charge in [-0.1, -0.05) is 27.7 Å². The highest BCUT2D eigenvalue weighted by Gasteiger charge is 2.24. The highest BCUT2D eigenvalue weighted by Crippen LogP contribution is 2.11. The summed E-state index contributed by atoms with van der Waals surface area (Å²) in [6.07, 6.45) is 1.09. The van der Waals surface area contributed by atoms with E-state index in [0.717, 1.165) is 19.5 Å². The number of rotatable bonds is 8. The van der Waals surface area contributed by atoms with E-state index in [4.69, 9.17) is 5.73 Å². The number of carbonyl (C=O) groups excluding carboxylic acids is 1. The zero-order valence-corrected chi connectivity index (χ0v) is 15.4. The molecule has 0 saturated carbocycles. The number of nitrogens with two attached hydrogens (primary N) is 1. The van der Waals surface area contributed by atoms with Gasteiger partial charge in [0, 0.05) is 12.6 Å². The van der Waals surface area contributed by atoms with Gasteiger partial charge >= 0.3 is 0 Å². The predicted molar refractivity (Wildman–Crippen MR) is 91.9 cm³/mol. The fraction of sp³-hybridized carbons (Fsp3) is 0.929. The highest BCUT2D eigenvalue weighted by molar-refractivity contribution is 5.85. The van der Waals surface area contributed by atoms with Gasteiger partial charge in [-0.05, 0) is 39.3 Å². The molecule has 4 nitrogen and oxygen atoms in total. The van der Waals surface area contributed by atoms with Crippen molar-refractivity contribution in [2.75, 3.05) is 19.6 Å². The molecule has 0 aromatic rings. The lowest BCUT2D eigenvalue weighted by Gasteiger charge is -2.32. The van der Waals surface area contributed by atoms with Crippen molar-refractivity contribution in [3.63, 3.8) is 0 Å². The first-order valence-corrected chi connectivity index (χ1v) is 7.03. The van der Waals surface area contributed by atoms with Crippen molar-refractivity contribution in [2.45, 2.75) is 59.5 Å². The van der Waals surface area contributed by atoms with Gasteiger partial charge in [0.2, 0.25) is 5.91 Å². The van der Waals surface area contributed by atoms with Crippen LogP contribution in [0.5, 0.6) is 0 Å². The van der Waals surface area contributed by atoms with Gasteiger partial charge < -0.3 is 11.1 Å². The Bertz CT molecular complexity index is 251. The second-order valence-electron chi connectivity index (χ2n) is 5.94. The second-order valence-corrected chi connectivity index (χ2v) is 5.94. The summed E-state index contributed by atoms with van der Waals surface area (Å²) in [5.41, 5.74) is 4.98. The molecule has 124 valence electrons. The molecule has 0 spiro atoms. The number of hydrogen-bond donors (Lipinski definition) is 2. The molecule has 6 heteroatoms. The third-order valence-corrected chi connectivity index (χ3v) is 3.16. The van der Waals surface area contributed by atoms with Gasteiger partial charge in [-0.2, -0.15) is 0 Å². The quantitative estimate of drug-likeness (QED) is 0.719. The monoisotopic (exact) mass is 329 g/mol. The van der Waals surface area contributed by atoms with Crippen molar-refractivity contribution in [1.29, 1.82) is 0 Å². The Morgan fingerprint density at radius 2 is 1.65 bits per heavy atom. The molecule has 1 atom stereocenters. The van der Waals surface area contributed by atoms with Gasteiger partial charge in [-0.3, -0.25) is 9.69 Å². The molecule has 0 bridgehead atoms. The lowest BCUT2D eigenvalue weighted by atomic mass is 10.0. The molecule has 0 heterocycles. The van der Waals surface area contributed by atoms with Crippen LogP contribution >= 0.6 is 24.8 Å². The van der Waals surface area contributed by atoms with Crippen LogP contribution < -0.4 is 11.1 Å². The molecule has 0 aromatic heterocycles. The summed E-state index contributed by atoms with van der Waals surface area (Å²) in [6.45, 7) is 14.9. The van der Waals surface area contributed by atoms with Crippen LogP contribution in [0.2, 0.25) is 0 Å². The number of amides is 1. The van der Waals surface area contributed by atoms with E-state index in [1.54, 1.807) is 13.8 Å². The number of hydrogen-bond acceptors (Lipinski definition) is 3. The van der Waals surface area contributed by atoms with Gasteiger partial charge in [-0.15, -0.1) is 24.8 Å². The maximum atomic E-state index is 11.8. The van der Waals surface area contributed by atoms with Gasteiger partial charge in [0.05, 0.1) is 5.54 Å². The Hall–Kier alpha value is -0.0300. The Morgan fingerprint density at radius 1 is 1.20 bits per heavy atom. The van der Waals surface area contributed by atoms with Crippen molar-refractivity contribution in [3.05, 3.63) is 0 Å². The molecular weight excluding hydrogens is 297 g/mol. The van der Waals surface area contributed by atoms with Crippen LogP contribution in [-0.4, -0.2) is 42.0 Å². The van der Waals surface area contributed by atoms with E-state index in [1.165, 1.54) is 0 Å². The van der Waals surface area contributed by atoms with Crippen molar-refractivity contribution < 1.29 is 4.79 Å². The van der Waals surface area contributed by atoms with Crippen molar-refractivity contribution in [1.82, 2.24) is 10.2 Å². The molecule has 0 aliphatic heterocycles. The van der Waals surface area contributed by atoms with Crippen LogP contribution in [0.15, 0.2) is 0 Å². The van der Waals surface area contributed by atoms with E-state index >= 15 is 0 Å². The topological polar surface area (TPSA) is 58.4 Å². The van der Waals surface area contributed by atoms with Crippen molar-refractivity contribution in [2.24, 2.45) is 11.7 Å². The van der Waals surface area contributed by atoms with Crippen LogP contribution in [0.4, 0.5) is 0 Å². The van der Waals surface area contributed by atoms with Crippen LogP contribution in [0.25, 0.3) is 0 Å². The maximum Gasteiger partial charge on any atom is 0.239 e. The fourth-order valence-electron chi connectivity index (χ4n) is 2.08. The second kappa shape index (κ2) is 11.6. The molecule has 1 amide bonds. The third kappa shape index (κ3) is 9.81. The maximum absolute atomic E-state index is 11.8. The first-order valence-electron chi connectivity index (χ1n) is 7.03. The lowest BCUT2D eigenvalue weighted by Crippen LogP contribution is -2.53. The molecular formula is C14H33Cl2N3O. The van der Waals surface area contributed by atoms with Crippen LogP contribution in [-0.2, 0) is 4.79 Å². The van der Waals surface area contributed by atoms with Gasteiger partial charge in [-0.25, -0.2) is 0 Å². The van der Waals surface area contributed by atoms with E-state index in [0.29, 0.717) is 18.5 Å². The van der Waals surface area contributed by atoms with Gasteiger partial charge in [0.25, 0.3) is 0 Å². The predicted octanol–water partition coefficient (Wildman–Crippen LogP) is 2.44. The van der Waals surface area contributed by atoms with Gasteiger partial charge in [0.1, 0.15) is 0 Å². The molecule has 1 unspecified atom stereocenters. The van der Waals surface area contributed by atoms with E-state index in [9.17, 15) is 4.79 Å². The zero-order chi connectivity index (χ0) is 14.3. The smallest absolute Gasteiger partial charge is 0.239 e.